The number of hydrogen-bond acceptors (Lipinski definition) is 7. The van der Waals surface area contributed by atoms with Gasteiger partial charge in [0, 0.05) is 11.6 Å². The molecule has 1 aliphatic rings. The SMILES string of the molecule is CC(C)Nc1nc(N)c(C(=O)c2ccc3c(c2)OCO3)s1. The number of carbonyl (C=O) groups is 1. The molecule has 0 amide bonds. The van der Waals surface area contributed by atoms with E-state index >= 15 is 0 Å². The number of ether oxygens (including phenoxy) is 2. The van der Waals surface area contributed by atoms with Crippen molar-refractivity contribution in [1.29, 1.82) is 0 Å². The fraction of sp³-hybridized carbons (Fsp3) is 0.286. The first-order valence-electron chi connectivity index (χ1n) is 6.52. The van der Waals surface area contributed by atoms with Gasteiger partial charge in [-0.15, -0.1) is 0 Å². The van der Waals surface area contributed by atoms with E-state index in [0.29, 0.717) is 27.1 Å². The molecule has 0 aliphatic carbocycles. The highest BCUT2D eigenvalue weighted by Gasteiger charge is 2.21. The van der Waals surface area contributed by atoms with Gasteiger partial charge < -0.3 is 20.5 Å². The molecule has 0 radical (unpaired) electrons. The van der Waals surface area contributed by atoms with Crippen molar-refractivity contribution in [3.63, 3.8) is 0 Å². The minimum Gasteiger partial charge on any atom is -0.454 e. The van der Waals surface area contributed by atoms with Crippen LogP contribution >= 0.6 is 11.3 Å². The van der Waals surface area contributed by atoms with Crippen LogP contribution in [0.25, 0.3) is 0 Å². The average Bonchev–Trinajstić information content (AvgIpc) is 3.02. The summed E-state index contributed by atoms with van der Waals surface area (Å²) in [6, 6.07) is 5.31. The van der Waals surface area contributed by atoms with Crippen molar-refractivity contribution in [1.82, 2.24) is 4.98 Å². The Hall–Kier alpha value is -2.28. The molecule has 1 aliphatic heterocycles. The molecule has 0 bridgehead atoms. The lowest BCUT2D eigenvalue weighted by Crippen LogP contribution is -2.09. The number of carbonyl (C=O) groups excluding carboxylic acids is 1. The predicted molar refractivity (Wildman–Crippen MR) is 81.3 cm³/mol. The van der Waals surface area contributed by atoms with Crippen LogP contribution in [-0.4, -0.2) is 23.6 Å². The second-order valence-corrected chi connectivity index (χ2v) is 5.93. The number of nitrogens with one attached hydrogen (secondary N) is 1. The van der Waals surface area contributed by atoms with Crippen molar-refractivity contribution in [3.8, 4) is 11.5 Å². The van der Waals surface area contributed by atoms with Crippen LogP contribution in [-0.2, 0) is 0 Å². The Balaban J connectivity index is 1.90. The van der Waals surface area contributed by atoms with Gasteiger partial charge in [-0.1, -0.05) is 11.3 Å². The third-order valence-corrected chi connectivity index (χ3v) is 3.91. The van der Waals surface area contributed by atoms with Crippen LogP contribution in [0.5, 0.6) is 11.5 Å². The van der Waals surface area contributed by atoms with Crippen molar-refractivity contribution in [3.05, 3.63) is 28.6 Å². The molecule has 0 saturated carbocycles. The second-order valence-electron chi connectivity index (χ2n) is 4.93. The molecule has 0 saturated heterocycles. The van der Waals surface area contributed by atoms with E-state index in [1.165, 1.54) is 11.3 Å². The molecule has 0 fully saturated rings. The van der Waals surface area contributed by atoms with Crippen molar-refractivity contribution in [2.24, 2.45) is 0 Å². The Bertz CT molecular complexity index is 697. The number of anilines is 2. The van der Waals surface area contributed by atoms with Gasteiger partial charge in [-0.2, -0.15) is 0 Å². The molecular weight excluding hydrogens is 290 g/mol. The van der Waals surface area contributed by atoms with E-state index in [0.717, 1.165) is 0 Å². The Kier molecular flexibility index (Phi) is 3.42. The number of fused-ring (bicyclic) bond motifs is 1. The Morgan fingerprint density at radius 3 is 2.90 bits per heavy atom. The molecule has 0 spiro atoms. The Labute approximate surface area is 125 Å². The Morgan fingerprint density at radius 2 is 2.14 bits per heavy atom. The Morgan fingerprint density at radius 1 is 1.38 bits per heavy atom. The van der Waals surface area contributed by atoms with Gasteiger partial charge in [0.05, 0.1) is 0 Å². The van der Waals surface area contributed by atoms with Gasteiger partial charge >= 0.3 is 0 Å². The zero-order valence-electron chi connectivity index (χ0n) is 11.7. The minimum atomic E-state index is -0.167. The fourth-order valence-corrected chi connectivity index (χ4v) is 2.96. The van der Waals surface area contributed by atoms with Crippen LogP contribution in [0.1, 0.15) is 29.1 Å². The van der Waals surface area contributed by atoms with Gasteiger partial charge in [0.15, 0.2) is 16.6 Å². The molecule has 0 atom stereocenters. The minimum absolute atomic E-state index is 0.167. The van der Waals surface area contributed by atoms with Gasteiger partial charge in [-0.05, 0) is 32.0 Å². The number of rotatable bonds is 4. The number of thiazole rings is 1. The van der Waals surface area contributed by atoms with Crippen LogP contribution in [0.4, 0.5) is 10.9 Å². The van der Waals surface area contributed by atoms with Gasteiger partial charge in [-0.25, -0.2) is 4.98 Å². The molecule has 2 heterocycles. The topological polar surface area (TPSA) is 86.5 Å². The van der Waals surface area contributed by atoms with E-state index in [9.17, 15) is 4.79 Å². The van der Waals surface area contributed by atoms with Crippen molar-refractivity contribution < 1.29 is 14.3 Å². The molecule has 1 aromatic heterocycles. The molecule has 21 heavy (non-hydrogen) atoms. The molecule has 2 aromatic rings. The molecule has 3 N–H and O–H groups in total. The maximum Gasteiger partial charge on any atom is 0.231 e. The van der Waals surface area contributed by atoms with Crippen LogP contribution in [0.15, 0.2) is 18.2 Å². The monoisotopic (exact) mass is 305 g/mol. The van der Waals surface area contributed by atoms with E-state index in [-0.39, 0.29) is 24.4 Å². The summed E-state index contributed by atoms with van der Waals surface area (Å²) in [6.07, 6.45) is 0. The maximum absolute atomic E-state index is 12.5. The smallest absolute Gasteiger partial charge is 0.231 e. The average molecular weight is 305 g/mol. The number of nitrogen functional groups attached to an aromatic ring is 1. The predicted octanol–water partition coefficient (Wildman–Crippen LogP) is 2.51. The fourth-order valence-electron chi connectivity index (χ4n) is 1.97. The second kappa shape index (κ2) is 5.25. The van der Waals surface area contributed by atoms with E-state index in [1.807, 2.05) is 13.8 Å². The lowest BCUT2D eigenvalue weighted by Gasteiger charge is -2.04. The zero-order valence-corrected chi connectivity index (χ0v) is 12.5. The maximum atomic E-state index is 12.5. The van der Waals surface area contributed by atoms with Crippen LogP contribution in [0, 0.1) is 0 Å². The molecule has 1 aromatic carbocycles. The quantitative estimate of drug-likeness (QED) is 0.844. The van der Waals surface area contributed by atoms with Gasteiger partial charge in [0.25, 0.3) is 0 Å². The number of hydrogen-bond donors (Lipinski definition) is 2. The van der Waals surface area contributed by atoms with E-state index in [4.69, 9.17) is 15.2 Å². The van der Waals surface area contributed by atoms with Crippen molar-refractivity contribution in [2.45, 2.75) is 19.9 Å². The number of aromatic nitrogens is 1. The van der Waals surface area contributed by atoms with Crippen LogP contribution in [0.3, 0.4) is 0 Å². The highest BCUT2D eigenvalue weighted by Crippen LogP contribution is 2.34. The highest BCUT2D eigenvalue weighted by atomic mass is 32.1. The van der Waals surface area contributed by atoms with Gasteiger partial charge in [0.1, 0.15) is 10.7 Å². The molecule has 110 valence electrons. The zero-order chi connectivity index (χ0) is 15.0. The van der Waals surface area contributed by atoms with E-state index < -0.39 is 0 Å². The summed E-state index contributed by atoms with van der Waals surface area (Å²) >= 11 is 1.26. The van der Waals surface area contributed by atoms with E-state index in [1.54, 1.807) is 18.2 Å². The van der Waals surface area contributed by atoms with Crippen molar-refractivity contribution >= 4 is 28.1 Å². The summed E-state index contributed by atoms with van der Waals surface area (Å²) in [5.41, 5.74) is 6.36. The third-order valence-electron chi connectivity index (χ3n) is 2.91. The largest absolute Gasteiger partial charge is 0.454 e. The highest BCUT2D eigenvalue weighted by molar-refractivity contribution is 7.18. The summed E-state index contributed by atoms with van der Waals surface area (Å²) in [6.45, 7) is 4.17. The standard InChI is InChI=1S/C14H15N3O3S/c1-7(2)16-14-17-13(15)12(21-14)11(18)8-3-4-9-10(5-8)20-6-19-9/h3-5,7H,6,15H2,1-2H3,(H,16,17). The van der Waals surface area contributed by atoms with Gasteiger partial charge in [0.2, 0.25) is 12.6 Å². The summed E-state index contributed by atoms with van der Waals surface area (Å²) in [7, 11) is 0. The van der Waals surface area contributed by atoms with Crippen molar-refractivity contribution in [2.75, 3.05) is 17.8 Å². The first-order chi connectivity index (χ1) is 10.0. The summed E-state index contributed by atoms with van der Waals surface area (Å²) in [5.74, 6) is 1.29. The molecule has 7 heteroatoms. The summed E-state index contributed by atoms with van der Waals surface area (Å²) in [5, 5.41) is 3.79. The molecule has 6 nitrogen and oxygen atoms in total. The third kappa shape index (κ3) is 2.64. The molecule has 3 rings (SSSR count). The lowest BCUT2D eigenvalue weighted by molar-refractivity contribution is 0.104. The van der Waals surface area contributed by atoms with E-state index in [2.05, 4.69) is 10.3 Å². The summed E-state index contributed by atoms with van der Waals surface area (Å²) in [4.78, 5) is 17.1. The molecular formula is C14H15N3O3S. The number of ketones is 1. The van der Waals surface area contributed by atoms with Crippen LogP contribution in [0.2, 0.25) is 0 Å². The number of nitrogens with two attached hydrogens (primary N) is 1. The molecule has 0 unspecified atom stereocenters. The summed E-state index contributed by atoms with van der Waals surface area (Å²) < 4.78 is 10.5. The normalized spacial score (nSPS) is 12.7. The lowest BCUT2D eigenvalue weighted by atomic mass is 10.1. The van der Waals surface area contributed by atoms with Crippen LogP contribution < -0.4 is 20.5 Å². The first kappa shape index (κ1) is 13.7. The van der Waals surface area contributed by atoms with Gasteiger partial charge in [-0.3, -0.25) is 4.79 Å². The first-order valence-corrected chi connectivity index (χ1v) is 7.33. The number of benzene rings is 1. The number of nitrogens with zero attached hydrogens (tertiary/aromatic N) is 1.